The van der Waals surface area contributed by atoms with Crippen molar-refractivity contribution in [1.82, 2.24) is 10.3 Å². The highest BCUT2D eigenvalue weighted by atomic mass is 32.1. The molecule has 0 aliphatic carbocycles. The summed E-state index contributed by atoms with van der Waals surface area (Å²) in [7, 11) is 0. The van der Waals surface area contributed by atoms with Gasteiger partial charge < -0.3 is 5.32 Å². The molecule has 0 bridgehead atoms. The number of thiazole rings is 1. The lowest BCUT2D eigenvalue weighted by atomic mass is 10.1. The Hall–Kier alpha value is -1.75. The van der Waals surface area contributed by atoms with Crippen LogP contribution in [0.4, 0.5) is 4.39 Å². The van der Waals surface area contributed by atoms with E-state index < -0.39 is 0 Å². The fraction of sp³-hybridized carbons (Fsp3) is 0.231. The van der Waals surface area contributed by atoms with Crippen molar-refractivity contribution in [3.63, 3.8) is 0 Å². The summed E-state index contributed by atoms with van der Waals surface area (Å²) in [5.41, 5.74) is 3.05. The largest absolute Gasteiger partial charge is 0.348 e. The van der Waals surface area contributed by atoms with E-state index in [4.69, 9.17) is 0 Å². The molecule has 0 radical (unpaired) electrons. The Morgan fingerprint density at radius 1 is 1.44 bits per heavy atom. The SMILES string of the molecule is CC(Cc1ccc(F)cc1)NC(=O)c1cscn1. The minimum atomic E-state index is -0.252. The average Bonchev–Trinajstić information content (AvgIpc) is 2.85. The smallest absolute Gasteiger partial charge is 0.270 e. The third-order valence-electron chi connectivity index (χ3n) is 2.50. The van der Waals surface area contributed by atoms with Crippen molar-refractivity contribution < 1.29 is 9.18 Å². The standard InChI is InChI=1S/C13H13FN2OS/c1-9(6-10-2-4-11(14)5-3-10)16-13(17)12-7-18-8-15-12/h2-5,7-9H,6H2,1H3,(H,16,17). The Morgan fingerprint density at radius 3 is 2.78 bits per heavy atom. The predicted molar refractivity (Wildman–Crippen MR) is 69.1 cm³/mol. The van der Waals surface area contributed by atoms with Crippen molar-refractivity contribution in [3.8, 4) is 0 Å². The second-order valence-corrected chi connectivity index (χ2v) is 4.80. The minimum absolute atomic E-state index is 0.0235. The summed E-state index contributed by atoms with van der Waals surface area (Å²) < 4.78 is 12.7. The number of nitrogens with zero attached hydrogens (tertiary/aromatic N) is 1. The van der Waals surface area contributed by atoms with Crippen LogP contribution in [0.1, 0.15) is 23.0 Å². The first-order chi connectivity index (χ1) is 8.65. The number of nitrogens with one attached hydrogen (secondary N) is 1. The van der Waals surface area contributed by atoms with Crippen LogP contribution in [0.15, 0.2) is 35.2 Å². The van der Waals surface area contributed by atoms with Gasteiger partial charge in [-0.15, -0.1) is 11.3 Å². The monoisotopic (exact) mass is 264 g/mol. The zero-order valence-electron chi connectivity index (χ0n) is 9.89. The minimum Gasteiger partial charge on any atom is -0.348 e. The van der Waals surface area contributed by atoms with E-state index in [1.54, 1.807) is 23.0 Å². The van der Waals surface area contributed by atoms with Gasteiger partial charge in [-0.3, -0.25) is 4.79 Å². The van der Waals surface area contributed by atoms with E-state index >= 15 is 0 Å². The van der Waals surface area contributed by atoms with Crippen LogP contribution in [0.5, 0.6) is 0 Å². The number of hydrogen-bond acceptors (Lipinski definition) is 3. The maximum absolute atomic E-state index is 12.7. The number of carbonyl (C=O) groups excluding carboxylic acids is 1. The Kier molecular flexibility index (Phi) is 4.04. The first-order valence-corrected chi connectivity index (χ1v) is 6.53. The van der Waals surface area contributed by atoms with E-state index in [1.807, 2.05) is 6.92 Å². The van der Waals surface area contributed by atoms with Gasteiger partial charge in [0, 0.05) is 11.4 Å². The number of halogens is 1. The van der Waals surface area contributed by atoms with E-state index in [9.17, 15) is 9.18 Å². The maximum Gasteiger partial charge on any atom is 0.270 e. The lowest BCUT2D eigenvalue weighted by Crippen LogP contribution is -2.34. The molecular formula is C13H13FN2OS. The third kappa shape index (κ3) is 3.37. The van der Waals surface area contributed by atoms with E-state index in [-0.39, 0.29) is 17.8 Å². The summed E-state index contributed by atoms with van der Waals surface area (Å²) in [6.07, 6.45) is 0.663. The molecule has 1 aromatic heterocycles. The molecule has 0 fully saturated rings. The molecule has 0 aliphatic rings. The van der Waals surface area contributed by atoms with Crippen LogP contribution in [0, 0.1) is 5.82 Å². The fourth-order valence-electron chi connectivity index (χ4n) is 1.65. The average molecular weight is 264 g/mol. The lowest BCUT2D eigenvalue weighted by molar-refractivity contribution is 0.0936. The number of hydrogen-bond donors (Lipinski definition) is 1. The summed E-state index contributed by atoms with van der Waals surface area (Å²) in [6, 6.07) is 6.26. The topological polar surface area (TPSA) is 42.0 Å². The van der Waals surface area contributed by atoms with Gasteiger partial charge in [0.1, 0.15) is 11.5 Å². The number of benzene rings is 1. The van der Waals surface area contributed by atoms with Crippen LogP contribution in [0.25, 0.3) is 0 Å². The zero-order chi connectivity index (χ0) is 13.0. The molecule has 1 aromatic carbocycles. The van der Waals surface area contributed by atoms with Crippen LogP contribution >= 0.6 is 11.3 Å². The summed E-state index contributed by atoms with van der Waals surface area (Å²) in [5.74, 6) is -0.427. The number of amides is 1. The van der Waals surface area contributed by atoms with Gasteiger partial charge in [-0.2, -0.15) is 0 Å². The quantitative estimate of drug-likeness (QED) is 0.922. The van der Waals surface area contributed by atoms with E-state index in [0.29, 0.717) is 12.1 Å². The molecule has 0 saturated heterocycles. The van der Waals surface area contributed by atoms with Crippen LogP contribution in [-0.4, -0.2) is 16.9 Å². The molecule has 3 nitrogen and oxygen atoms in total. The Balaban J connectivity index is 1.90. The molecule has 1 unspecified atom stereocenters. The summed E-state index contributed by atoms with van der Waals surface area (Å²) in [5, 5.41) is 4.57. The molecule has 0 saturated carbocycles. The highest BCUT2D eigenvalue weighted by molar-refractivity contribution is 7.07. The Bertz CT molecular complexity index is 510. The van der Waals surface area contributed by atoms with Crippen molar-refractivity contribution in [2.75, 3.05) is 0 Å². The van der Waals surface area contributed by atoms with Gasteiger partial charge in [-0.25, -0.2) is 9.37 Å². The first-order valence-electron chi connectivity index (χ1n) is 5.58. The Labute approximate surface area is 109 Å². The number of aromatic nitrogens is 1. The van der Waals surface area contributed by atoms with Gasteiger partial charge >= 0.3 is 0 Å². The van der Waals surface area contributed by atoms with Crippen molar-refractivity contribution in [3.05, 3.63) is 52.2 Å². The molecule has 94 valence electrons. The second kappa shape index (κ2) is 5.73. The number of rotatable bonds is 4. The van der Waals surface area contributed by atoms with E-state index in [1.165, 1.54) is 23.5 Å². The van der Waals surface area contributed by atoms with Crippen molar-refractivity contribution in [2.45, 2.75) is 19.4 Å². The molecule has 1 heterocycles. The first kappa shape index (κ1) is 12.7. The van der Waals surface area contributed by atoms with Crippen molar-refractivity contribution in [2.24, 2.45) is 0 Å². The third-order valence-corrected chi connectivity index (χ3v) is 3.08. The molecular weight excluding hydrogens is 251 g/mol. The normalized spacial score (nSPS) is 12.1. The van der Waals surface area contributed by atoms with Crippen LogP contribution < -0.4 is 5.32 Å². The highest BCUT2D eigenvalue weighted by Gasteiger charge is 2.11. The fourth-order valence-corrected chi connectivity index (χ4v) is 2.18. The molecule has 1 amide bonds. The molecule has 5 heteroatoms. The van der Waals surface area contributed by atoms with E-state index in [2.05, 4.69) is 10.3 Å². The van der Waals surface area contributed by atoms with Gasteiger partial charge in [0.15, 0.2) is 0 Å². The molecule has 1 N–H and O–H groups in total. The van der Waals surface area contributed by atoms with Gasteiger partial charge in [-0.1, -0.05) is 12.1 Å². The van der Waals surface area contributed by atoms with E-state index in [0.717, 1.165) is 5.56 Å². The second-order valence-electron chi connectivity index (χ2n) is 4.08. The van der Waals surface area contributed by atoms with Gasteiger partial charge in [0.2, 0.25) is 0 Å². The number of carbonyl (C=O) groups is 1. The molecule has 0 spiro atoms. The van der Waals surface area contributed by atoms with Gasteiger partial charge in [0.25, 0.3) is 5.91 Å². The van der Waals surface area contributed by atoms with Crippen LogP contribution in [-0.2, 0) is 6.42 Å². The molecule has 0 aliphatic heterocycles. The predicted octanol–water partition coefficient (Wildman–Crippen LogP) is 2.64. The lowest BCUT2D eigenvalue weighted by Gasteiger charge is -2.13. The Morgan fingerprint density at radius 2 is 2.17 bits per heavy atom. The van der Waals surface area contributed by atoms with Crippen molar-refractivity contribution >= 4 is 17.2 Å². The molecule has 1 atom stereocenters. The maximum atomic E-state index is 12.7. The molecule has 18 heavy (non-hydrogen) atoms. The molecule has 2 aromatic rings. The zero-order valence-corrected chi connectivity index (χ0v) is 10.7. The van der Waals surface area contributed by atoms with Crippen molar-refractivity contribution in [1.29, 1.82) is 0 Å². The molecule has 2 rings (SSSR count). The van der Waals surface area contributed by atoms with Crippen LogP contribution in [0.2, 0.25) is 0 Å². The highest BCUT2D eigenvalue weighted by Crippen LogP contribution is 2.07. The van der Waals surface area contributed by atoms with Gasteiger partial charge in [-0.05, 0) is 31.0 Å². The van der Waals surface area contributed by atoms with Crippen LogP contribution in [0.3, 0.4) is 0 Å². The summed E-state index contributed by atoms with van der Waals surface area (Å²) in [4.78, 5) is 15.7. The summed E-state index contributed by atoms with van der Waals surface area (Å²) in [6.45, 7) is 1.91. The van der Waals surface area contributed by atoms with Gasteiger partial charge in [0.05, 0.1) is 5.51 Å². The summed E-state index contributed by atoms with van der Waals surface area (Å²) >= 11 is 1.39.